The van der Waals surface area contributed by atoms with E-state index in [4.69, 9.17) is 4.52 Å². The Morgan fingerprint density at radius 2 is 1.95 bits per heavy atom. The Morgan fingerprint density at radius 3 is 2.59 bits per heavy atom. The maximum Gasteiger partial charge on any atom is 0.271 e. The SMILES string of the molecule is Cc1noc(C)c1-c1c[nH]c(=O)c(Nc2ccc(F)cc2)c1. The molecule has 2 aromatic heterocycles. The van der Waals surface area contributed by atoms with Crippen molar-refractivity contribution in [2.45, 2.75) is 13.8 Å². The van der Waals surface area contributed by atoms with Crippen LogP contribution in [0.3, 0.4) is 0 Å². The van der Waals surface area contributed by atoms with Crippen molar-refractivity contribution in [2.75, 3.05) is 5.32 Å². The first-order valence-electron chi connectivity index (χ1n) is 6.73. The van der Waals surface area contributed by atoms with Gasteiger partial charge in [-0.3, -0.25) is 4.79 Å². The molecule has 0 aliphatic heterocycles. The predicted molar refractivity (Wildman–Crippen MR) is 81.7 cm³/mol. The van der Waals surface area contributed by atoms with Crippen LogP contribution in [0.25, 0.3) is 11.1 Å². The van der Waals surface area contributed by atoms with Gasteiger partial charge in [-0.15, -0.1) is 0 Å². The minimum Gasteiger partial charge on any atom is -0.361 e. The number of halogens is 1. The van der Waals surface area contributed by atoms with Crippen molar-refractivity contribution in [3.8, 4) is 11.1 Å². The van der Waals surface area contributed by atoms with Crippen molar-refractivity contribution in [2.24, 2.45) is 0 Å². The molecule has 6 heteroatoms. The van der Waals surface area contributed by atoms with Crippen LogP contribution in [-0.4, -0.2) is 10.1 Å². The van der Waals surface area contributed by atoms with Gasteiger partial charge in [0.1, 0.15) is 17.3 Å². The standard InChI is InChI=1S/C16H14FN3O2/c1-9-15(10(2)22-20-9)11-7-14(16(21)18-8-11)19-13-5-3-12(17)4-6-13/h3-8,19H,1-2H3,(H,18,21). The lowest BCUT2D eigenvalue weighted by molar-refractivity contribution is 0.393. The molecule has 0 saturated carbocycles. The average molecular weight is 299 g/mol. The number of pyridine rings is 1. The van der Waals surface area contributed by atoms with Gasteiger partial charge in [-0.05, 0) is 44.2 Å². The van der Waals surface area contributed by atoms with Gasteiger partial charge in [-0.2, -0.15) is 0 Å². The molecule has 1 aromatic carbocycles. The highest BCUT2D eigenvalue weighted by Crippen LogP contribution is 2.27. The maximum absolute atomic E-state index is 12.9. The average Bonchev–Trinajstić information content (AvgIpc) is 2.83. The zero-order chi connectivity index (χ0) is 15.7. The fourth-order valence-electron chi connectivity index (χ4n) is 2.30. The first-order chi connectivity index (χ1) is 10.5. The third-order valence-electron chi connectivity index (χ3n) is 3.35. The van der Waals surface area contributed by atoms with Gasteiger partial charge in [-0.25, -0.2) is 4.39 Å². The summed E-state index contributed by atoms with van der Waals surface area (Å²) in [5.41, 5.74) is 3.11. The Kier molecular flexibility index (Phi) is 3.50. The van der Waals surface area contributed by atoms with Crippen LogP contribution in [0.2, 0.25) is 0 Å². The number of benzene rings is 1. The molecule has 2 heterocycles. The van der Waals surface area contributed by atoms with Gasteiger partial charge < -0.3 is 14.8 Å². The van der Waals surface area contributed by atoms with E-state index in [-0.39, 0.29) is 11.4 Å². The molecule has 3 aromatic rings. The first kappa shape index (κ1) is 14.1. The molecule has 0 bridgehead atoms. The Bertz CT molecular complexity index is 846. The summed E-state index contributed by atoms with van der Waals surface area (Å²) in [6.07, 6.45) is 1.62. The summed E-state index contributed by atoms with van der Waals surface area (Å²) in [6, 6.07) is 7.51. The van der Waals surface area contributed by atoms with Crippen LogP contribution >= 0.6 is 0 Å². The first-order valence-corrected chi connectivity index (χ1v) is 6.73. The van der Waals surface area contributed by atoms with Crippen LogP contribution in [-0.2, 0) is 0 Å². The molecule has 0 aliphatic carbocycles. The summed E-state index contributed by atoms with van der Waals surface area (Å²) < 4.78 is 18.1. The highest BCUT2D eigenvalue weighted by Gasteiger charge is 2.13. The van der Waals surface area contributed by atoms with Gasteiger partial charge in [0.05, 0.1) is 5.69 Å². The zero-order valence-electron chi connectivity index (χ0n) is 12.1. The molecule has 22 heavy (non-hydrogen) atoms. The van der Waals surface area contributed by atoms with Gasteiger partial charge in [0.2, 0.25) is 0 Å². The maximum atomic E-state index is 12.9. The van der Waals surface area contributed by atoms with E-state index in [1.165, 1.54) is 12.1 Å². The summed E-state index contributed by atoms with van der Waals surface area (Å²) in [4.78, 5) is 14.6. The Balaban J connectivity index is 2.00. The van der Waals surface area contributed by atoms with Crippen LogP contribution in [0.1, 0.15) is 11.5 Å². The molecule has 112 valence electrons. The monoisotopic (exact) mass is 299 g/mol. The minimum absolute atomic E-state index is 0.264. The minimum atomic E-state index is -0.330. The Morgan fingerprint density at radius 1 is 1.23 bits per heavy atom. The molecular weight excluding hydrogens is 285 g/mol. The molecule has 5 nitrogen and oxygen atoms in total. The van der Waals surface area contributed by atoms with E-state index in [1.54, 1.807) is 24.4 Å². The molecule has 0 radical (unpaired) electrons. The smallest absolute Gasteiger partial charge is 0.271 e. The van der Waals surface area contributed by atoms with Crippen molar-refractivity contribution in [1.82, 2.24) is 10.1 Å². The molecule has 0 spiro atoms. The normalized spacial score (nSPS) is 10.7. The van der Waals surface area contributed by atoms with Crippen molar-refractivity contribution in [3.63, 3.8) is 0 Å². The lowest BCUT2D eigenvalue weighted by Gasteiger charge is -2.07. The van der Waals surface area contributed by atoms with Crippen LogP contribution in [0.4, 0.5) is 15.8 Å². The third kappa shape index (κ3) is 2.63. The number of aryl methyl sites for hydroxylation is 2. The van der Waals surface area contributed by atoms with E-state index < -0.39 is 0 Å². The second-order valence-electron chi connectivity index (χ2n) is 4.96. The zero-order valence-corrected chi connectivity index (χ0v) is 12.1. The third-order valence-corrected chi connectivity index (χ3v) is 3.35. The number of anilines is 2. The second-order valence-corrected chi connectivity index (χ2v) is 4.96. The van der Waals surface area contributed by atoms with Crippen molar-refractivity contribution >= 4 is 11.4 Å². The number of nitrogens with zero attached hydrogens (tertiary/aromatic N) is 1. The fourth-order valence-corrected chi connectivity index (χ4v) is 2.30. The van der Waals surface area contributed by atoms with E-state index in [0.717, 1.165) is 16.8 Å². The highest BCUT2D eigenvalue weighted by atomic mass is 19.1. The number of nitrogens with one attached hydrogen (secondary N) is 2. The summed E-state index contributed by atoms with van der Waals surface area (Å²) in [5.74, 6) is 0.348. The summed E-state index contributed by atoms with van der Waals surface area (Å²) >= 11 is 0. The van der Waals surface area contributed by atoms with Gasteiger partial charge in [0, 0.05) is 23.0 Å². The summed E-state index contributed by atoms with van der Waals surface area (Å²) in [7, 11) is 0. The molecule has 3 rings (SSSR count). The van der Waals surface area contributed by atoms with Crippen LogP contribution < -0.4 is 10.9 Å². The summed E-state index contributed by atoms with van der Waals surface area (Å²) in [5, 5.41) is 6.89. The summed E-state index contributed by atoms with van der Waals surface area (Å²) in [6.45, 7) is 3.65. The van der Waals surface area contributed by atoms with Gasteiger partial charge >= 0.3 is 0 Å². The Hall–Kier alpha value is -2.89. The largest absolute Gasteiger partial charge is 0.361 e. The number of aromatic nitrogens is 2. The van der Waals surface area contributed by atoms with Crippen molar-refractivity contribution in [3.05, 3.63) is 64.2 Å². The highest BCUT2D eigenvalue weighted by molar-refractivity contribution is 5.71. The van der Waals surface area contributed by atoms with Crippen molar-refractivity contribution in [1.29, 1.82) is 0 Å². The fraction of sp³-hybridized carbons (Fsp3) is 0.125. The van der Waals surface area contributed by atoms with Gasteiger partial charge in [-0.1, -0.05) is 5.16 Å². The van der Waals surface area contributed by atoms with E-state index in [2.05, 4.69) is 15.5 Å². The topological polar surface area (TPSA) is 70.9 Å². The number of rotatable bonds is 3. The quantitative estimate of drug-likeness (QED) is 0.776. The second kappa shape index (κ2) is 5.48. The van der Waals surface area contributed by atoms with Gasteiger partial charge in [0.15, 0.2) is 0 Å². The molecule has 0 amide bonds. The van der Waals surface area contributed by atoms with Crippen LogP contribution in [0.15, 0.2) is 45.8 Å². The van der Waals surface area contributed by atoms with Gasteiger partial charge in [0.25, 0.3) is 5.56 Å². The van der Waals surface area contributed by atoms with Crippen molar-refractivity contribution < 1.29 is 8.91 Å². The lowest BCUT2D eigenvalue weighted by Crippen LogP contribution is -2.11. The van der Waals surface area contributed by atoms with E-state index in [1.807, 2.05) is 13.8 Å². The van der Waals surface area contributed by atoms with Crippen LogP contribution in [0, 0.1) is 19.7 Å². The molecule has 0 fully saturated rings. The number of hydrogen-bond acceptors (Lipinski definition) is 4. The molecular formula is C16H14FN3O2. The van der Waals surface area contributed by atoms with E-state index >= 15 is 0 Å². The molecule has 0 atom stereocenters. The Labute approximate surface area is 125 Å². The van der Waals surface area contributed by atoms with E-state index in [0.29, 0.717) is 17.1 Å². The van der Waals surface area contributed by atoms with Crippen LogP contribution in [0.5, 0.6) is 0 Å². The molecule has 2 N–H and O–H groups in total. The number of hydrogen-bond donors (Lipinski definition) is 2. The number of aromatic amines is 1. The molecule has 0 saturated heterocycles. The number of H-pyrrole nitrogens is 1. The lowest BCUT2D eigenvalue weighted by atomic mass is 10.1. The van der Waals surface area contributed by atoms with E-state index in [9.17, 15) is 9.18 Å². The predicted octanol–water partition coefficient (Wildman–Crippen LogP) is 3.53. The molecule has 0 aliphatic rings. The molecule has 0 unspecified atom stereocenters.